The van der Waals surface area contributed by atoms with Gasteiger partial charge in [-0.15, -0.1) is 0 Å². The third kappa shape index (κ3) is 7.07. The Kier molecular flexibility index (Phi) is 9.15. The number of nitrogens with zero attached hydrogens (tertiary/aromatic N) is 5. The van der Waals surface area contributed by atoms with Crippen molar-refractivity contribution in [2.75, 3.05) is 73.4 Å². The molecule has 44 heavy (non-hydrogen) atoms. The molecule has 13 nitrogen and oxygen atoms in total. The van der Waals surface area contributed by atoms with Crippen molar-refractivity contribution in [2.45, 2.75) is 38.0 Å². The lowest BCUT2D eigenvalue weighted by atomic mass is 10.2. The first-order chi connectivity index (χ1) is 21.4. The smallest absolute Gasteiger partial charge is 0.323 e. The predicted molar refractivity (Wildman–Crippen MR) is 168 cm³/mol. The zero-order valence-corrected chi connectivity index (χ0v) is 25.1. The summed E-state index contributed by atoms with van der Waals surface area (Å²) in [6, 6.07) is 13.9. The van der Waals surface area contributed by atoms with Crippen molar-refractivity contribution in [3.05, 3.63) is 54.1 Å². The van der Waals surface area contributed by atoms with Gasteiger partial charge < -0.3 is 40.5 Å². The topological polar surface area (TPSA) is 146 Å². The van der Waals surface area contributed by atoms with Crippen LogP contribution in [0, 0.1) is 0 Å². The Labute approximate surface area is 256 Å². The number of aromatic nitrogens is 3. The number of anilines is 4. The fourth-order valence-corrected chi connectivity index (χ4v) is 5.66. The molecule has 3 atom stereocenters. The van der Waals surface area contributed by atoms with E-state index in [0.717, 1.165) is 31.5 Å². The summed E-state index contributed by atoms with van der Waals surface area (Å²) in [6.07, 6.45) is 2.55. The minimum Gasteiger partial charge on any atom is -0.377 e. The Hall–Kier alpha value is -4.33. The van der Waals surface area contributed by atoms with Gasteiger partial charge in [-0.25, -0.2) is 4.79 Å². The van der Waals surface area contributed by atoms with Crippen LogP contribution in [-0.2, 0) is 9.47 Å². The SMILES string of the molecule is CNCCNC(=O)c1ccc(NC(=O)Nc2ccc(-c3nc(N4CC5CCC(C4)O5)nc(N4CCOCC4C)n3)cc2)cc1. The molecule has 4 heterocycles. The van der Waals surface area contributed by atoms with Crippen molar-refractivity contribution in [1.29, 1.82) is 0 Å². The van der Waals surface area contributed by atoms with Gasteiger partial charge in [-0.2, -0.15) is 15.0 Å². The van der Waals surface area contributed by atoms with Crippen molar-refractivity contribution in [2.24, 2.45) is 0 Å². The minimum atomic E-state index is -0.392. The van der Waals surface area contributed by atoms with Gasteiger partial charge in [0.2, 0.25) is 11.9 Å². The number of rotatable bonds is 9. The first kappa shape index (κ1) is 29.7. The third-order valence-electron chi connectivity index (χ3n) is 8.03. The number of hydrogen-bond acceptors (Lipinski definition) is 10. The monoisotopic (exact) mass is 601 g/mol. The van der Waals surface area contributed by atoms with Gasteiger partial charge >= 0.3 is 6.03 Å². The average Bonchev–Trinajstić information content (AvgIpc) is 3.38. The van der Waals surface area contributed by atoms with Gasteiger partial charge in [0, 0.05) is 55.2 Å². The summed E-state index contributed by atoms with van der Waals surface area (Å²) in [5.74, 6) is 1.72. The molecule has 3 unspecified atom stereocenters. The van der Waals surface area contributed by atoms with Crippen molar-refractivity contribution < 1.29 is 19.1 Å². The minimum absolute atomic E-state index is 0.148. The standard InChI is InChI=1S/C31H39N9O4/c1-20-19-43-16-15-40(20)30-37-27(36-29(38-30)39-17-25-11-12-26(18-39)44-25)21-3-7-23(8-4-21)34-31(42)35-24-9-5-22(6-10-24)28(41)33-14-13-32-2/h3-10,20,25-26,32H,11-19H2,1-2H3,(H,33,41)(H2,34,35,42). The summed E-state index contributed by atoms with van der Waals surface area (Å²) in [6.45, 7) is 6.83. The van der Waals surface area contributed by atoms with Crippen LogP contribution in [0.25, 0.3) is 11.4 Å². The van der Waals surface area contributed by atoms with Gasteiger partial charge in [0.15, 0.2) is 5.82 Å². The summed E-state index contributed by atoms with van der Waals surface area (Å²) in [5.41, 5.74) is 2.54. The van der Waals surface area contributed by atoms with Crippen LogP contribution in [0.1, 0.15) is 30.1 Å². The number of carbonyl (C=O) groups is 2. The number of likely N-dealkylation sites (N-methyl/N-ethyl adjacent to an activating group) is 1. The second kappa shape index (κ2) is 13.5. The van der Waals surface area contributed by atoms with Crippen LogP contribution < -0.4 is 31.1 Å². The van der Waals surface area contributed by atoms with Gasteiger partial charge in [0.1, 0.15) is 0 Å². The maximum atomic E-state index is 12.7. The van der Waals surface area contributed by atoms with E-state index in [1.807, 2.05) is 31.3 Å². The largest absolute Gasteiger partial charge is 0.377 e. The quantitative estimate of drug-likeness (QED) is 0.270. The van der Waals surface area contributed by atoms with Crippen LogP contribution in [0.4, 0.5) is 28.1 Å². The van der Waals surface area contributed by atoms with Crippen LogP contribution in [0.15, 0.2) is 48.5 Å². The Balaban J connectivity index is 1.14. The van der Waals surface area contributed by atoms with E-state index in [-0.39, 0.29) is 24.2 Å². The average molecular weight is 602 g/mol. The number of carbonyl (C=O) groups excluding carboxylic acids is 2. The molecule has 4 N–H and O–H groups in total. The number of nitrogens with one attached hydrogen (secondary N) is 4. The molecular weight excluding hydrogens is 562 g/mol. The Morgan fingerprint density at radius 1 is 0.886 bits per heavy atom. The van der Waals surface area contributed by atoms with E-state index in [2.05, 4.69) is 38.0 Å². The summed E-state index contributed by atoms with van der Waals surface area (Å²) < 4.78 is 11.7. The number of hydrogen-bond donors (Lipinski definition) is 4. The lowest BCUT2D eigenvalue weighted by Gasteiger charge is -2.35. The molecule has 3 amide bonds. The highest BCUT2D eigenvalue weighted by atomic mass is 16.5. The predicted octanol–water partition coefficient (Wildman–Crippen LogP) is 2.72. The summed E-state index contributed by atoms with van der Waals surface area (Å²) in [4.78, 5) is 44.0. The highest BCUT2D eigenvalue weighted by molar-refractivity contribution is 6.00. The Bertz CT molecular complexity index is 1440. The summed E-state index contributed by atoms with van der Waals surface area (Å²) in [5, 5.41) is 11.5. The van der Waals surface area contributed by atoms with Crippen molar-refractivity contribution in [3.8, 4) is 11.4 Å². The maximum Gasteiger partial charge on any atom is 0.323 e. The van der Waals surface area contributed by atoms with Crippen LogP contribution in [0.2, 0.25) is 0 Å². The lowest BCUT2D eigenvalue weighted by molar-refractivity contribution is 0.0299. The van der Waals surface area contributed by atoms with Crippen molar-refractivity contribution in [3.63, 3.8) is 0 Å². The molecule has 6 rings (SSSR count). The van der Waals surface area contributed by atoms with E-state index in [1.165, 1.54) is 0 Å². The molecule has 3 fully saturated rings. The first-order valence-corrected chi connectivity index (χ1v) is 15.2. The molecule has 3 aliphatic rings. The number of benzene rings is 2. The molecule has 3 saturated heterocycles. The molecule has 13 heteroatoms. The van der Waals surface area contributed by atoms with E-state index in [9.17, 15) is 9.59 Å². The molecule has 3 aliphatic heterocycles. The fraction of sp³-hybridized carbons (Fsp3) is 0.452. The molecule has 0 saturated carbocycles. The number of morpholine rings is 2. The van der Waals surface area contributed by atoms with E-state index in [4.69, 9.17) is 24.4 Å². The number of fused-ring (bicyclic) bond motifs is 2. The highest BCUT2D eigenvalue weighted by Crippen LogP contribution is 2.30. The molecule has 3 aromatic rings. The number of ether oxygens (including phenoxy) is 2. The molecule has 0 radical (unpaired) electrons. The van der Waals surface area contributed by atoms with Crippen LogP contribution >= 0.6 is 0 Å². The van der Waals surface area contributed by atoms with Crippen LogP contribution in [0.5, 0.6) is 0 Å². The molecule has 232 valence electrons. The van der Waals surface area contributed by atoms with Gasteiger partial charge in [-0.3, -0.25) is 4.79 Å². The highest BCUT2D eigenvalue weighted by Gasteiger charge is 2.35. The van der Waals surface area contributed by atoms with E-state index in [1.54, 1.807) is 24.3 Å². The molecule has 0 spiro atoms. The van der Waals surface area contributed by atoms with Gasteiger partial charge in [-0.05, 0) is 75.3 Å². The van der Waals surface area contributed by atoms with Crippen LogP contribution in [-0.4, -0.2) is 98.1 Å². The van der Waals surface area contributed by atoms with E-state index >= 15 is 0 Å². The Morgan fingerprint density at radius 2 is 1.55 bits per heavy atom. The van der Waals surface area contributed by atoms with Crippen LogP contribution in [0.3, 0.4) is 0 Å². The van der Waals surface area contributed by atoms with Gasteiger partial charge in [-0.1, -0.05) is 0 Å². The summed E-state index contributed by atoms with van der Waals surface area (Å²) in [7, 11) is 1.83. The molecule has 2 aromatic carbocycles. The second-order valence-electron chi connectivity index (χ2n) is 11.3. The molecule has 0 aliphatic carbocycles. The zero-order chi connectivity index (χ0) is 30.5. The van der Waals surface area contributed by atoms with E-state index in [0.29, 0.717) is 67.5 Å². The maximum absolute atomic E-state index is 12.7. The fourth-order valence-electron chi connectivity index (χ4n) is 5.66. The summed E-state index contributed by atoms with van der Waals surface area (Å²) >= 11 is 0. The third-order valence-corrected chi connectivity index (χ3v) is 8.03. The number of urea groups is 1. The molecular formula is C31H39N9O4. The zero-order valence-electron chi connectivity index (χ0n) is 25.1. The van der Waals surface area contributed by atoms with Gasteiger partial charge in [0.05, 0.1) is 31.5 Å². The number of amides is 3. The van der Waals surface area contributed by atoms with E-state index < -0.39 is 6.03 Å². The second-order valence-corrected chi connectivity index (χ2v) is 11.3. The lowest BCUT2D eigenvalue weighted by Crippen LogP contribution is -2.46. The molecule has 2 bridgehead atoms. The van der Waals surface area contributed by atoms with Crippen molar-refractivity contribution in [1.82, 2.24) is 25.6 Å². The van der Waals surface area contributed by atoms with Crippen molar-refractivity contribution >= 4 is 35.2 Å². The Morgan fingerprint density at radius 3 is 2.20 bits per heavy atom. The van der Waals surface area contributed by atoms with Gasteiger partial charge in [0.25, 0.3) is 5.91 Å². The molecule has 1 aromatic heterocycles. The first-order valence-electron chi connectivity index (χ1n) is 15.2. The normalized spacial score (nSPS) is 21.2.